The highest BCUT2D eigenvalue weighted by molar-refractivity contribution is 7.15. The van der Waals surface area contributed by atoms with Gasteiger partial charge in [0.15, 0.2) is 4.96 Å². The van der Waals surface area contributed by atoms with E-state index in [1.165, 1.54) is 22.7 Å². The predicted octanol–water partition coefficient (Wildman–Crippen LogP) is 4.00. The molecule has 36 heavy (non-hydrogen) atoms. The number of aryl methyl sites for hydroxylation is 1. The fraction of sp³-hybridized carbons (Fsp3) is 0.296. The van der Waals surface area contributed by atoms with E-state index in [2.05, 4.69) is 37.7 Å². The molecule has 184 valence electrons. The van der Waals surface area contributed by atoms with Crippen molar-refractivity contribution in [3.05, 3.63) is 87.9 Å². The van der Waals surface area contributed by atoms with Crippen molar-refractivity contribution in [3.8, 4) is 0 Å². The number of fused-ring (bicyclic) bond motifs is 2. The van der Waals surface area contributed by atoms with Crippen molar-refractivity contribution in [2.45, 2.75) is 19.9 Å². The van der Waals surface area contributed by atoms with Crippen molar-refractivity contribution < 1.29 is 14.0 Å². The molecule has 4 aromatic rings. The number of amides is 2. The number of imidazole rings is 1. The Hall–Kier alpha value is -3.56. The number of nitrogens with zero attached hydrogens (tertiary/aromatic N) is 5. The van der Waals surface area contributed by atoms with Gasteiger partial charge in [0.25, 0.3) is 11.8 Å². The molecule has 4 heterocycles. The largest absolute Gasteiger partial charge is 0.368 e. The second kappa shape index (κ2) is 9.15. The molecule has 2 aromatic carbocycles. The number of aromatic nitrogens is 2. The Kier molecular flexibility index (Phi) is 5.81. The average Bonchev–Trinajstić information content (AvgIpc) is 3.52. The van der Waals surface area contributed by atoms with Crippen molar-refractivity contribution in [2.75, 3.05) is 37.6 Å². The van der Waals surface area contributed by atoms with E-state index in [1.807, 2.05) is 12.1 Å². The van der Waals surface area contributed by atoms with Gasteiger partial charge < -0.3 is 4.90 Å². The van der Waals surface area contributed by atoms with Gasteiger partial charge in [0.2, 0.25) is 0 Å². The fourth-order valence-corrected chi connectivity index (χ4v) is 5.98. The second-order valence-corrected chi connectivity index (χ2v) is 10.2. The SMILES string of the molecule is Cc1nc2sccn2c1CN1CCN(c2cccc3c2C(=O)N(CCc2cccc(F)c2)C3=O)CC1. The molecule has 0 radical (unpaired) electrons. The number of rotatable bonds is 6. The van der Waals surface area contributed by atoms with Crippen LogP contribution in [0.3, 0.4) is 0 Å². The van der Waals surface area contributed by atoms with Crippen LogP contribution in [0.4, 0.5) is 10.1 Å². The summed E-state index contributed by atoms with van der Waals surface area (Å²) in [5, 5.41) is 2.05. The molecule has 7 nitrogen and oxygen atoms in total. The Labute approximate surface area is 212 Å². The fourth-order valence-electron chi connectivity index (χ4n) is 5.21. The smallest absolute Gasteiger partial charge is 0.263 e. The van der Waals surface area contributed by atoms with E-state index in [0.29, 0.717) is 17.5 Å². The number of piperazine rings is 1. The maximum atomic E-state index is 13.5. The molecule has 2 aliphatic heterocycles. The normalized spacial score (nSPS) is 16.4. The summed E-state index contributed by atoms with van der Waals surface area (Å²) in [6.45, 7) is 6.36. The number of carbonyl (C=O) groups excluding carboxylic acids is 2. The van der Waals surface area contributed by atoms with Gasteiger partial charge in [-0.1, -0.05) is 18.2 Å². The molecule has 1 fully saturated rings. The van der Waals surface area contributed by atoms with Crippen LogP contribution in [0.1, 0.15) is 37.7 Å². The van der Waals surface area contributed by atoms with Gasteiger partial charge in [0.1, 0.15) is 5.82 Å². The summed E-state index contributed by atoms with van der Waals surface area (Å²) < 4.78 is 15.7. The third-order valence-electron chi connectivity index (χ3n) is 7.14. The molecule has 0 aliphatic carbocycles. The van der Waals surface area contributed by atoms with Crippen molar-refractivity contribution >= 4 is 33.8 Å². The number of carbonyl (C=O) groups is 2. The summed E-state index contributed by atoms with van der Waals surface area (Å²) in [5.41, 5.74) is 4.80. The van der Waals surface area contributed by atoms with E-state index in [-0.39, 0.29) is 24.2 Å². The van der Waals surface area contributed by atoms with Crippen LogP contribution in [0.25, 0.3) is 4.96 Å². The first-order chi connectivity index (χ1) is 17.5. The van der Waals surface area contributed by atoms with Crippen LogP contribution in [0.2, 0.25) is 0 Å². The lowest BCUT2D eigenvalue weighted by atomic mass is 10.1. The molecule has 0 N–H and O–H groups in total. The average molecular weight is 504 g/mol. The third kappa shape index (κ3) is 3.98. The lowest BCUT2D eigenvalue weighted by molar-refractivity contribution is 0.0656. The van der Waals surface area contributed by atoms with E-state index in [9.17, 15) is 14.0 Å². The number of anilines is 1. The molecule has 0 bridgehead atoms. The first kappa shape index (κ1) is 22.9. The molecule has 2 amide bonds. The van der Waals surface area contributed by atoms with Gasteiger partial charge in [0, 0.05) is 50.8 Å². The molecular weight excluding hydrogens is 477 g/mol. The number of benzene rings is 2. The number of imide groups is 1. The van der Waals surface area contributed by atoms with E-state index < -0.39 is 0 Å². The van der Waals surface area contributed by atoms with Crippen LogP contribution in [0, 0.1) is 12.7 Å². The molecule has 2 aliphatic rings. The van der Waals surface area contributed by atoms with Crippen LogP contribution in [0.15, 0.2) is 54.0 Å². The molecule has 0 atom stereocenters. The predicted molar refractivity (Wildman–Crippen MR) is 137 cm³/mol. The van der Waals surface area contributed by atoms with Crippen LogP contribution in [-0.2, 0) is 13.0 Å². The maximum absolute atomic E-state index is 13.5. The molecule has 0 saturated carbocycles. The van der Waals surface area contributed by atoms with Gasteiger partial charge in [-0.05, 0) is 43.2 Å². The van der Waals surface area contributed by atoms with Gasteiger partial charge in [-0.25, -0.2) is 9.37 Å². The summed E-state index contributed by atoms with van der Waals surface area (Å²) >= 11 is 1.64. The summed E-state index contributed by atoms with van der Waals surface area (Å²) in [6.07, 6.45) is 2.49. The first-order valence-electron chi connectivity index (χ1n) is 12.1. The highest BCUT2D eigenvalue weighted by Crippen LogP contribution is 2.33. The zero-order valence-corrected chi connectivity index (χ0v) is 20.8. The highest BCUT2D eigenvalue weighted by Gasteiger charge is 2.38. The quantitative estimate of drug-likeness (QED) is 0.372. The standard InChI is InChI=1S/C27H26FN5O2S/c1-18-23(32-14-15-36-27(32)29-18)17-30-10-12-31(13-11-30)22-7-3-6-21-24(22)26(35)33(25(21)34)9-8-19-4-2-5-20(28)16-19/h2-7,14-16H,8-13,17H2,1H3. The van der Waals surface area contributed by atoms with E-state index in [0.717, 1.165) is 54.6 Å². The second-order valence-electron chi connectivity index (χ2n) is 9.30. The Morgan fingerprint density at radius 1 is 1.03 bits per heavy atom. The lowest BCUT2D eigenvalue weighted by Crippen LogP contribution is -2.46. The van der Waals surface area contributed by atoms with Crippen LogP contribution < -0.4 is 4.90 Å². The first-order valence-corrected chi connectivity index (χ1v) is 13.0. The molecule has 2 aromatic heterocycles. The zero-order valence-electron chi connectivity index (χ0n) is 20.0. The molecule has 6 rings (SSSR count). The van der Waals surface area contributed by atoms with Crippen molar-refractivity contribution in [3.63, 3.8) is 0 Å². The van der Waals surface area contributed by atoms with Crippen molar-refractivity contribution in [1.82, 2.24) is 19.2 Å². The minimum atomic E-state index is -0.320. The summed E-state index contributed by atoms with van der Waals surface area (Å²) in [6, 6.07) is 11.8. The summed E-state index contributed by atoms with van der Waals surface area (Å²) in [5.74, 6) is -0.860. The zero-order chi connectivity index (χ0) is 24.8. The summed E-state index contributed by atoms with van der Waals surface area (Å²) in [4.78, 5) is 38.0. The molecule has 0 unspecified atom stereocenters. The molecule has 0 spiro atoms. The van der Waals surface area contributed by atoms with Gasteiger partial charge in [0.05, 0.1) is 28.2 Å². The number of hydrogen-bond donors (Lipinski definition) is 0. The Balaban J connectivity index is 1.15. The monoisotopic (exact) mass is 503 g/mol. The maximum Gasteiger partial charge on any atom is 0.263 e. The van der Waals surface area contributed by atoms with Crippen LogP contribution in [0.5, 0.6) is 0 Å². The van der Waals surface area contributed by atoms with Crippen LogP contribution in [-0.4, -0.2) is 63.7 Å². The number of halogens is 1. The molecule has 1 saturated heterocycles. The Morgan fingerprint density at radius 2 is 1.83 bits per heavy atom. The van der Waals surface area contributed by atoms with Crippen molar-refractivity contribution in [2.24, 2.45) is 0 Å². The van der Waals surface area contributed by atoms with E-state index in [4.69, 9.17) is 0 Å². The Morgan fingerprint density at radius 3 is 2.64 bits per heavy atom. The summed E-state index contributed by atoms with van der Waals surface area (Å²) in [7, 11) is 0. The highest BCUT2D eigenvalue weighted by atomic mass is 32.1. The van der Waals surface area contributed by atoms with E-state index in [1.54, 1.807) is 29.5 Å². The Bertz CT molecular complexity index is 1470. The van der Waals surface area contributed by atoms with E-state index >= 15 is 0 Å². The minimum absolute atomic E-state index is 0.227. The number of thiazole rings is 1. The topological polar surface area (TPSA) is 61.2 Å². The van der Waals surface area contributed by atoms with Gasteiger partial charge in [-0.3, -0.25) is 23.8 Å². The van der Waals surface area contributed by atoms with Gasteiger partial charge in [-0.15, -0.1) is 11.3 Å². The van der Waals surface area contributed by atoms with Crippen molar-refractivity contribution in [1.29, 1.82) is 0 Å². The molecular formula is C27H26FN5O2S. The van der Waals surface area contributed by atoms with Gasteiger partial charge >= 0.3 is 0 Å². The lowest BCUT2D eigenvalue weighted by Gasteiger charge is -2.36. The van der Waals surface area contributed by atoms with Crippen LogP contribution >= 0.6 is 11.3 Å². The molecule has 9 heteroatoms. The van der Waals surface area contributed by atoms with Gasteiger partial charge in [-0.2, -0.15) is 0 Å². The third-order valence-corrected chi connectivity index (χ3v) is 7.89. The minimum Gasteiger partial charge on any atom is -0.368 e. The number of hydrogen-bond acceptors (Lipinski definition) is 6.